The van der Waals surface area contributed by atoms with E-state index in [0.717, 1.165) is 23.9 Å². The van der Waals surface area contributed by atoms with Crippen molar-refractivity contribution in [3.05, 3.63) is 41.7 Å². The minimum absolute atomic E-state index is 0.105. The largest absolute Gasteiger partial charge is 0.493 e. The summed E-state index contributed by atoms with van der Waals surface area (Å²) < 4.78 is 41.0. The summed E-state index contributed by atoms with van der Waals surface area (Å²) in [6.45, 7) is 0.105. The Morgan fingerprint density at radius 3 is 2.48 bits per heavy atom. The molecule has 1 aromatic carbocycles. The van der Waals surface area contributed by atoms with Crippen LogP contribution in [0, 0.1) is 11.6 Å². The van der Waals surface area contributed by atoms with Crippen LogP contribution < -0.4 is 20.5 Å². The summed E-state index contributed by atoms with van der Waals surface area (Å²) >= 11 is 0. The first-order valence-corrected chi connectivity index (χ1v) is 8.62. The number of anilines is 2. The Hall–Kier alpha value is -3.03. The number of nitrogens with one attached hydrogen (secondary N) is 1. The fourth-order valence-corrected chi connectivity index (χ4v) is 3.18. The molecule has 0 radical (unpaired) electrons. The van der Waals surface area contributed by atoms with E-state index in [1.54, 1.807) is 6.20 Å². The molecule has 0 aliphatic heterocycles. The van der Waals surface area contributed by atoms with Gasteiger partial charge < -0.3 is 25.1 Å². The normalized spacial score (nSPS) is 13.8. The zero-order chi connectivity index (χ0) is 19.1. The smallest absolute Gasteiger partial charge is 0.191 e. The average molecular weight is 374 g/mol. The van der Waals surface area contributed by atoms with Gasteiger partial charge >= 0.3 is 0 Å². The monoisotopic (exact) mass is 374 g/mol. The average Bonchev–Trinajstić information content (AvgIpc) is 3.42. The summed E-state index contributed by atoms with van der Waals surface area (Å²) in [4.78, 5) is 4.49. The van der Waals surface area contributed by atoms with Crippen molar-refractivity contribution in [1.82, 2.24) is 9.55 Å². The van der Waals surface area contributed by atoms with Crippen molar-refractivity contribution in [3.63, 3.8) is 0 Å². The molecule has 0 unspecified atom stereocenters. The van der Waals surface area contributed by atoms with E-state index >= 15 is 0 Å². The Morgan fingerprint density at radius 1 is 1.22 bits per heavy atom. The lowest BCUT2D eigenvalue weighted by Gasteiger charge is -2.15. The van der Waals surface area contributed by atoms with E-state index in [0.29, 0.717) is 17.3 Å². The lowest BCUT2D eigenvalue weighted by molar-refractivity contribution is 0.360. The van der Waals surface area contributed by atoms with Crippen molar-refractivity contribution in [2.24, 2.45) is 0 Å². The van der Waals surface area contributed by atoms with Crippen LogP contribution in [0.4, 0.5) is 20.2 Å². The van der Waals surface area contributed by atoms with Crippen molar-refractivity contribution in [2.75, 3.05) is 25.3 Å². The van der Waals surface area contributed by atoms with Gasteiger partial charge in [-0.15, -0.1) is 0 Å². The second-order valence-corrected chi connectivity index (χ2v) is 6.53. The molecule has 3 N–H and O–H groups in total. The van der Waals surface area contributed by atoms with Gasteiger partial charge in [-0.2, -0.15) is 0 Å². The number of hydrogen-bond donors (Lipinski definition) is 2. The van der Waals surface area contributed by atoms with Crippen LogP contribution in [0.25, 0.3) is 11.0 Å². The molecule has 3 aromatic rings. The van der Waals surface area contributed by atoms with Gasteiger partial charge in [-0.25, -0.2) is 13.8 Å². The highest BCUT2D eigenvalue weighted by Gasteiger charge is 2.26. The second-order valence-electron chi connectivity index (χ2n) is 6.53. The number of nitrogen functional groups attached to an aromatic ring is 1. The molecule has 0 saturated heterocycles. The Balaban J connectivity index is 1.65. The number of nitrogens with two attached hydrogens (primary N) is 1. The number of halogens is 2. The molecule has 1 aliphatic rings. The molecule has 0 spiro atoms. The van der Waals surface area contributed by atoms with Gasteiger partial charge in [0.05, 0.1) is 14.2 Å². The molecule has 0 atom stereocenters. The zero-order valence-corrected chi connectivity index (χ0v) is 15.1. The minimum Gasteiger partial charge on any atom is -0.493 e. The zero-order valence-electron chi connectivity index (χ0n) is 15.1. The van der Waals surface area contributed by atoms with Crippen LogP contribution >= 0.6 is 0 Å². The van der Waals surface area contributed by atoms with E-state index < -0.39 is 11.6 Å². The van der Waals surface area contributed by atoms with Crippen molar-refractivity contribution in [2.45, 2.75) is 25.4 Å². The van der Waals surface area contributed by atoms with Gasteiger partial charge in [0, 0.05) is 47.7 Å². The minimum atomic E-state index is -0.830. The van der Waals surface area contributed by atoms with Crippen LogP contribution in [0.5, 0.6) is 11.5 Å². The van der Waals surface area contributed by atoms with Gasteiger partial charge in [0.2, 0.25) is 0 Å². The van der Waals surface area contributed by atoms with E-state index in [4.69, 9.17) is 15.2 Å². The number of pyridine rings is 1. The van der Waals surface area contributed by atoms with Gasteiger partial charge in [0.15, 0.2) is 23.1 Å². The number of nitrogens with zero attached hydrogens (tertiary/aromatic N) is 2. The van der Waals surface area contributed by atoms with Gasteiger partial charge in [-0.1, -0.05) is 0 Å². The van der Waals surface area contributed by atoms with E-state index in [2.05, 4.69) is 14.9 Å². The summed E-state index contributed by atoms with van der Waals surface area (Å²) in [5, 5.41) is 3.60. The van der Waals surface area contributed by atoms with Crippen molar-refractivity contribution >= 4 is 22.4 Å². The standard InChI is InChI=1S/C19H20F2N4O2/c1-26-13-7-14(27-2)16(21)18(15(13)20)23-8-10-9-24-19-12(17(10)22)5-6-25(19)11-3-4-11/h5-7,9,11,23H,3-4,8H2,1-2H3,(H2,22,24). The van der Waals surface area contributed by atoms with E-state index in [-0.39, 0.29) is 23.7 Å². The number of methoxy groups -OCH3 is 2. The summed E-state index contributed by atoms with van der Waals surface area (Å²) in [5.41, 5.74) is 7.97. The second kappa shape index (κ2) is 6.61. The predicted octanol–water partition coefficient (Wildman–Crippen LogP) is 3.86. The molecule has 0 amide bonds. The molecule has 1 fully saturated rings. The molecule has 2 heterocycles. The number of hydrogen-bond acceptors (Lipinski definition) is 5. The summed E-state index contributed by atoms with van der Waals surface area (Å²) in [7, 11) is 2.61. The summed E-state index contributed by atoms with van der Waals surface area (Å²) in [6.07, 6.45) is 5.90. The molecule has 1 saturated carbocycles. The first kappa shape index (κ1) is 17.4. The topological polar surface area (TPSA) is 74.3 Å². The van der Waals surface area contributed by atoms with E-state index in [1.165, 1.54) is 20.3 Å². The quantitative estimate of drug-likeness (QED) is 0.685. The number of benzene rings is 1. The Morgan fingerprint density at radius 2 is 1.89 bits per heavy atom. The number of ether oxygens (including phenoxy) is 2. The molecule has 0 bridgehead atoms. The molecular formula is C19H20F2N4O2. The van der Waals surface area contributed by atoms with Crippen LogP contribution in [0.1, 0.15) is 24.4 Å². The Bertz CT molecular complexity index is 987. The molecule has 2 aromatic heterocycles. The number of fused-ring (bicyclic) bond motifs is 1. The molecule has 6 nitrogen and oxygen atoms in total. The molecule has 1 aliphatic carbocycles. The fourth-order valence-electron chi connectivity index (χ4n) is 3.18. The number of aromatic nitrogens is 2. The van der Waals surface area contributed by atoms with Crippen LogP contribution in [-0.4, -0.2) is 23.8 Å². The van der Waals surface area contributed by atoms with Crippen molar-refractivity contribution in [1.29, 1.82) is 0 Å². The third kappa shape index (κ3) is 2.90. The SMILES string of the molecule is COc1cc(OC)c(F)c(NCc2cnc3c(ccn3C3CC3)c2N)c1F. The molecule has 142 valence electrons. The van der Waals surface area contributed by atoms with Gasteiger partial charge in [0.1, 0.15) is 11.3 Å². The van der Waals surface area contributed by atoms with Crippen LogP contribution in [0.3, 0.4) is 0 Å². The van der Waals surface area contributed by atoms with Gasteiger partial charge in [0.25, 0.3) is 0 Å². The Kier molecular flexibility index (Phi) is 4.25. The van der Waals surface area contributed by atoms with Crippen LogP contribution in [-0.2, 0) is 6.54 Å². The lowest BCUT2D eigenvalue weighted by atomic mass is 10.1. The highest BCUT2D eigenvalue weighted by Crippen LogP contribution is 2.39. The molecule has 8 heteroatoms. The first-order valence-electron chi connectivity index (χ1n) is 8.62. The molecular weight excluding hydrogens is 354 g/mol. The maximum atomic E-state index is 14.5. The van der Waals surface area contributed by atoms with Crippen molar-refractivity contribution < 1.29 is 18.3 Å². The maximum Gasteiger partial charge on any atom is 0.191 e. The molecule has 27 heavy (non-hydrogen) atoms. The highest BCUT2D eigenvalue weighted by atomic mass is 19.1. The van der Waals surface area contributed by atoms with Gasteiger partial charge in [-0.05, 0) is 18.9 Å². The highest BCUT2D eigenvalue weighted by molar-refractivity contribution is 5.90. The maximum absolute atomic E-state index is 14.5. The molecule has 4 rings (SSSR count). The Labute approximate surface area is 154 Å². The van der Waals surface area contributed by atoms with E-state index in [9.17, 15) is 8.78 Å². The predicted molar refractivity (Wildman–Crippen MR) is 99.2 cm³/mol. The van der Waals surface area contributed by atoms with Crippen LogP contribution in [0.15, 0.2) is 24.5 Å². The summed E-state index contributed by atoms with van der Waals surface area (Å²) in [6, 6.07) is 3.58. The van der Waals surface area contributed by atoms with Gasteiger partial charge in [-0.3, -0.25) is 0 Å². The fraction of sp³-hybridized carbons (Fsp3) is 0.316. The lowest BCUT2D eigenvalue weighted by Crippen LogP contribution is -2.09. The van der Waals surface area contributed by atoms with Crippen molar-refractivity contribution in [3.8, 4) is 11.5 Å². The van der Waals surface area contributed by atoms with E-state index in [1.807, 2.05) is 12.3 Å². The van der Waals surface area contributed by atoms with Crippen LogP contribution in [0.2, 0.25) is 0 Å². The first-order chi connectivity index (χ1) is 13.0. The number of rotatable bonds is 6. The third-order valence-corrected chi connectivity index (χ3v) is 4.84. The summed E-state index contributed by atoms with van der Waals surface area (Å²) in [5.74, 6) is -1.88. The third-order valence-electron chi connectivity index (χ3n) is 4.84.